The summed E-state index contributed by atoms with van der Waals surface area (Å²) in [5.74, 6) is 1.03. The Morgan fingerprint density at radius 1 is 1.14 bits per heavy atom. The highest BCUT2D eigenvalue weighted by Gasteiger charge is 2.44. The lowest BCUT2D eigenvalue weighted by Crippen LogP contribution is -2.46. The summed E-state index contributed by atoms with van der Waals surface area (Å²) in [4.78, 5) is 27.4. The van der Waals surface area contributed by atoms with Gasteiger partial charge in [-0.25, -0.2) is 0 Å². The molecule has 2 fully saturated rings. The number of benzene rings is 1. The van der Waals surface area contributed by atoms with Crippen LogP contribution in [-0.4, -0.2) is 17.7 Å². The molecule has 1 amide bonds. The van der Waals surface area contributed by atoms with E-state index in [-0.39, 0.29) is 29.7 Å². The first-order chi connectivity index (χ1) is 10.6. The van der Waals surface area contributed by atoms with E-state index in [0.29, 0.717) is 5.78 Å². The van der Waals surface area contributed by atoms with E-state index < -0.39 is 0 Å². The van der Waals surface area contributed by atoms with Crippen molar-refractivity contribution in [2.24, 2.45) is 17.8 Å². The van der Waals surface area contributed by atoms with E-state index in [1.807, 2.05) is 17.0 Å². The van der Waals surface area contributed by atoms with E-state index in [1.165, 1.54) is 5.56 Å². The van der Waals surface area contributed by atoms with Crippen molar-refractivity contribution in [3.05, 3.63) is 29.8 Å². The molecule has 2 bridgehead atoms. The summed E-state index contributed by atoms with van der Waals surface area (Å²) >= 11 is 0. The Kier molecular flexibility index (Phi) is 3.32. The Morgan fingerprint density at radius 3 is 2.55 bits per heavy atom. The minimum absolute atomic E-state index is 0.0432. The largest absolute Gasteiger partial charge is 0.309 e. The van der Waals surface area contributed by atoms with Crippen LogP contribution in [0.25, 0.3) is 0 Å². The van der Waals surface area contributed by atoms with Crippen LogP contribution in [0.4, 0.5) is 5.69 Å². The van der Waals surface area contributed by atoms with Crippen LogP contribution in [0.2, 0.25) is 0 Å². The average molecular weight is 297 g/mol. The van der Waals surface area contributed by atoms with Gasteiger partial charge in [-0.05, 0) is 50.7 Å². The van der Waals surface area contributed by atoms with Crippen LogP contribution in [0.5, 0.6) is 0 Å². The predicted octanol–water partition coefficient (Wildman–Crippen LogP) is 3.36. The summed E-state index contributed by atoms with van der Waals surface area (Å²) < 4.78 is 0. The number of para-hydroxylation sites is 1. The molecule has 0 radical (unpaired) electrons. The van der Waals surface area contributed by atoms with Crippen molar-refractivity contribution < 1.29 is 9.59 Å². The van der Waals surface area contributed by atoms with Gasteiger partial charge >= 0.3 is 0 Å². The van der Waals surface area contributed by atoms with Crippen LogP contribution in [0, 0.1) is 17.8 Å². The molecule has 116 valence electrons. The number of fused-ring (bicyclic) bond motifs is 3. The van der Waals surface area contributed by atoms with Gasteiger partial charge < -0.3 is 4.90 Å². The molecule has 1 heterocycles. The number of ketones is 1. The van der Waals surface area contributed by atoms with Crippen molar-refractivity contribution in [2.75, 3.05) is 4.90 Å². The summed E-state index contributed by atoms with van der Waals surface area (Å²) in [6, 6.07) is 8.48. The van der Waals surface area contributed by atoms with Gasteiger partial charge in [-0.15, -0.1) is 0 Å². The molecule has 1 aliphatic heterocycles. The number of nitrogens with zero attached hydrogens (tertiary/aromatic N) is 1. The first-order valence-electron chi connectivity index (χ1n) is 8.60. The van der Waals surface area contributed by atoms with Crippen LogP contribution >= 0.6 is 0 Å². The molecule has 1 aromatic carbocycles. The Balaban J connectivity index is 1.59. The molecule has 0 saturated heterocycles. The summed E-state index contributed by atoms with van der Waals surface area (Å²) in [6.07, 6.45) is 5.64. The van der Waals surface area contributed by atoms with E-state index in [9.17, 15) is 9.59 Å². The van der Waals surface area contributed by atoms with Gasteiger partial charge in [0.25, 0.3) is 0 Å². The van der Waals surface area contributed by atoms with E-state index in [0.717, 1.165) is 44.2 Å². The van der Waals surface area contributed by atoms with E-state index >= 15 is 0 Å². The number of carbonyl (C=O) groups is 2. The van der Waals surface area contributed by atoms with Gasteiger partial charge in [0.2, 0.25) is 5.91 Å². The Hall–Kier alpha value is -1.64. The highest BCUT2D eigenvalue weighted by atomic mass is 16.2. The molecule has 1 unspecified atom stereocenters. The van der Waals surface area contributed by atoms with Gasteiger partial charge in [-0.2, -0.15) is 0 Å². The maximum Gasteiger partial charge on any atom is 0.230 e. The normalized spacial score (nSPS) is 33.7. The lowest BCUT2D eigenvalue weighted by atomic mass is 9.67. The van der Waals surface area contributed by atoms with Gasteiger partial charge in [-0.3, -0.25) is 9.59 Å². The second-order valence-corrected chi connectivity index (χ2v) is 7.29. The molecule has 2 aliphatic carbocycles. The second-order valence-electron chi connectivity index (χ2n) is 7.29. The molecule has 3 heteroatoms. The topological polar surface area (TPSA) is 37.4 Å². The van der Waals surface area contributed by atoms with Crippen LogP contribution in [-0.2, 0) is 16.0 Å². The Bertz CT molecular complexity index is 608. The monoisotopic (exact) mass is 297 g/mol. The highest BCUT2D eigenvalue weighted by molar-refractivity contribution is 5.99. The quantitative estimate of drug-likeness (QED) is 0.797. The van der Waals surface area contributed by atoms with Crippen molar-refractivity contribution in [1.82, 2.24) is 0 Å². The number of Topliss-reactive ketones (excluding diaryl/α,β-unsaturated/α-hetero) is 1. The first kappa shape index (κ1) is 14.0. The van der Waals surface area contributed by atoms with Crippen molar-refractivity contribution >= 4 is 17.4 Å². The zero-order valence-corrected chi connectivity index (χ0v) is 13.1. The molecule has 0 spiro atoms. The van der Waals surface area contributed by atoms with Crippen LogP contribution < -0.4 is 4.90 Å². The maximum atomic E-state index is 13.1. The average Bonchev–Trinajstić information content (AvgIpc) is 2.82. The molecule has 0 aromatic heterocycles. The fourth-order valence-electron chi connectivity index (χ4n) is 4.78. The number of anilines is 1. The van der Waals surface area contributed by atoms with Gasteiger partial charge in [0, 0.05) is 29.5 Å². The fourth-order valence-corrected chi connectivity index (χ4v) is 4.78. The van der Waals surface area contributed by atoms with Crippen LogP contribution in [0.1, 0.15) is 44.6 Å². The van der Waals surface area contributed by atoms with E-state index in [1.54, 1.807) is 0 Å². The molecule has 4 atom stereocenters. The molecule has 2 saturated carbocycles. The second kappa shape index (κ2) is 5.22. The molecule has 4 rings (SSSR count). The van der Waals surface area contributed by atoms with Gasteiger partial charge in [0.1, 0.15) is 5.78 Å². The summed E-state index contributed by atoms with van der Waals surface area (Å²) in [5, 5.41) is 0. The first-order valence-corrected chi connectivity index (χ1v) is 8.60. The van der Waals surface area contributed by atoms with Crippen molar-refractivity contribution in [3.63, 3.8) is 0 Å². The molecule has 3 aliphatic rings. The minimum atomic E-state index is 0.0432. The maximum absolute atomic E-state index is 13.1. The van der Waals surface area contributed by atoms with Crippen LogP contribution in [0.15, 0.2) is 24.3 Å². The highest BCUT2D eigenvalue weighted by Crippen LogP contribution is 2.42. The molecule has 3 nitrogen and oxygen atoms in total. The standard InChI is InChI=1S/C19H23NO2/c1-12-9-13-5-2-3-8-17(13)20(12)19(22)16-10-14-6-4-7-15(11-16)18(14)21/h2-3,5,8,12,14-16H,4,6-7,9-11H2,1H3/t12-,14-,15+,16?/m1/s1. The summed E-state index contributed by atoms with van der Waals surface area (Å²) in [5.41, 5.74) is 2.36. The Labute approximate surface area is 131 Å². The van der Waals surface area contributed by atoms with Gasteiger partial charge in [-0.1, -0.05) is 24.6 Å². The predicted molar refractivity (Wildman–Crippen MR) is 85.7 cm³/mol. The third-order valence-corrected chi connectivity index (χ3v) is 5.84. The Morgan fingerprint density at radius 2 is 1.82 bits per heavy atom. The zero-order valence-electron chi connectivity index (χ0n) is 13.1. The third-order valence-electron chi connectivity index (χ3n) is 5.84. The van der Waals surface area contributed by atoms with E-state index in [2.05, 4.69) is 19.1 Å². The smallest absolute Gasteiger partial charge is 0.230 e. The number of rotatable bonds is 1. The summed E-state index contributed by atoms with van der Waals surface area (Å²) in [7, 11) is 0. The number of carbonyl (C=O) groups excluding carboxylic acids is 2. The van der Waals surface area contributed by atoms with E-state index in [4.69, 9.17) is 0 Å². The minimum Gasteiger partial charge on any atom is -0.309 e. The third kappa shape index (κ3) is 2.10. The summed E-state index contributed by atoms with van der Waals surface area (Å²) in [6.45, 7) is 2.13. The van der Waals surface area contributed by atoms with Gasteiger partial charge in [0.15, 0.2) is 0 Å². The lowest BCUT2D eigenvalue weighted by molar-refractivity contribution is -0.136. The number of amides is 1. The molecular weight excluding hydrogens is 274 g/mol. The van der Waals surface area contributed by atoms with Crippen molar-refractivity contribution in [2.45, 2.75) is 51.5 Å². The van der Waals surface area contributed by atoms with Crippen LogP contribution in [0.3, 0.4) is 0 Å². The van der Waals surface area contributed by atoms with Gasteiger partial charge in [0.05, 0.1) is 0 Å². The molecule has 0 N–H and O–H groups in total. The van der Waals surface area contributed by atoms with Crippen molar-refractivity contribution in [3.8, 4) is 0 Å². The molecule has 1 aromatic rings. The molecular formula is C19H23NO2. The number of hydrogen-bond acceptors (Lipinski definition) is 2. The van der Waals surface area contributed by atoms with Crippen molar-refractivity contribution in [1.29, 1.82) is 0 Å². The SMILES string of the molecule is C[C@@H]1Cc2ccccc2N1C(=O)C1C[C@H]2CCC[C@@H](C1)C2=O. The fraction of sp³-hybridized carbons (Fsp3) is 0.579. The number of hydrogen-bond donors (Lipinski definition) is 0. The lowest BCUT2D eigenvalue weighted by Gasteiger charge is -2.39. The zero-order chi connectivity index (χ0) is 15.3. The molecule has 22 heavy (non-hydrogen) atoms.